The number of aromatic amines is 1. The molecule has 4 rings (SSSR count). The van der Waals surface area contributed by atoms with Crippen LogP contribution in [0.3, 0.4) is 0 Å². The van der Waals surface area contributed by atoms with Gasteiger partial charge in [0.1, 0.15) is 11.6 Å². The summed E-state index contributed by atoms with van der Waals surface area (Å²) in [6, 6.07) is 12.1. The van der Waals surface area contributed by atoms with Gasteiger partial charge in [-0.1, -0.05) is 30.3 Å². The molecule has 3 heterocycles. The predicted molar refractivity (Wildman–Crippen MR) is 97.5 cm³/mol. The minimum Gasteiger partial charge on any atom is -0.356 e. The molecule has 3 aromatic rings. The standard InChI is InChI=1S/C20H19F3N4/c21-20(22,23)16-8-9-24-18(11-16)27-10-4-7-15(13-27)19-25-12-17(26-19)14-5-2-1-3-6-14/h1-3,5-6,8-9,11-12,15H,4,7,10,13H2,(H,25,26). The third kappa shape index (κ3) is 3.82. The number of benzene rings is 1. The number of aromatic nitrogens is 3. The predicted octanol–water partition coefficient (Wildman–Crippen LogP) is 4.87. The number of nitrogens with one attached hydrogen (secondary N) is 1. The number of piperidine rings is 1. The second kappa shape index (κ2) is 7.06. The van der Waals surface area contributed by atoms with Crippen molar-refractivity contribution in [2.24, 2.45) is 0 Å². The maximum atomic E-state index is 13.0. The van der Waals surface area contributed by atoms with E-state index in [0.29, 0.717) is 18.9 Å². The molecule has 0 radical (unpaired) electrons. The second-order valence-electron chi connectivity index (χ2n) is 6.73. The fourth-order valence-electron chi connectivity index (χ4n) is 3.48. The molecule has 0 bridgehead atoms. The van der Waals surface area contributed by atoms with E-state index in [1.165, 1.54) is 6.20 Å². The highest BCUT2D eigenvalue weighted by atomic mass is 19.4. The number of hydrogen-bond donors (Lipinski definition) is 1. The average molecular weight is 372 g/mol. The molecular formula is C20H19F3N4. The maximum Gasteiger partial charge on any atom is 0.416 e. The molecule has 1 aliphatic heterocycles. The summed E-state index contributed by atoms with van der Waals surface area (Å²) in [5, 5.41) is 0. The van der Waals surface area contributed by atoms with E-state index in [2.05, 4.69) is 15.0 Å². The lowest BCUT2D eigenvalue weighted by Gasteiger charge is -2.33. The fourth-order valence-corrected chi connectivity index (χ4v) is 3.48. The number of anilines is 1. The molecule has 0 amide bonds. The van der Waals surface area contributed by atoms with Crippen LogP contribution in [0.5, 0.6) is 0 Å². The number of rotatable bonds is 3. The van der Waals surface area contributed by atoms with E-state index in [4.69, 9.17) is 0 Å². The van der Waals surface area contributed by atoms with Crippen LogP contribution in [0, 0.1) is 0 Å². The number of H-pyrrole nitrogens is 1. The number of hydrogen-bond acceptors (Lipinski definition) is 3. The third-order valence-electron chi connectivity index (χ3n) is 4.89. The Balaban J connectivity index is 1.53. The summed E-state index contributed by atoms with van der Waals surface area (Å²) in [7, 11) is 0. The first-order valence-electron chi connectivity index (χ1n) is 8.89. The number of imidazole rings is 1. The Bertz CT molecular complexity index is 905. The summed E-state index contributed by atoms with van der Waals surface area (Å²) >= 11 is 0. The van der Waals surface area contributed by atoms with Crippen molar-refractivity contribution in [1.82, 2.24) is 15.0 Å². The normalized spacial score (nSPS) is 17.9. The van der Waals surface area contributed by atoms with Crippen LogP contribution < -0.4 is 4.90 Å². The van der Waals surface area contributed by atoms with Gasteiger partial charge in [-0.25, -0.2) is 9.97 Å². The highest BCUT2D eigenvalue weighted by Crippen LogP contribution is 2.33. The van der Waals surface area contributed by atoms with Crippen LogP contribution in [0.2, 0.25) is 0 Å². The van der Waals surface area contributed by atoms with Crippen molar-refractivity contribution in [3.8, 4) is 11.3 Å². The summed E-state index contributed by atoms with van der Waals surface area (Å²) in [5.74, 6) is 1.36. The molecule has 1 N–H and O–H groups in total. The van der Waals surface area contributed by atoms with Crippen molar-refractivity contribution in [3.05, 3.63) is 66.2 Å². The number of pyridine rings is 1. The summed E-state index contributed by atoms with van der Waals surface area (Å²) < 4.78 is 38.9. The topological polar surface area (TPSA) is 44.8 Å². The van der Waals surface area contributed by atoms with Crippen LogP contribution in [0.4, 0.5) is 19.0 Å². The molecule has 1 fully saturated rings. The van der Waals surface area contributed by atoms with Crippen LogP contribution in [0.1, 0.15) is 30.1 Å². The van der Waals surface area contributed by atoms with Gasteiger partial charge < -0.3 is 9.88 Å². The minimum atomic E-state index is -4.36. The van der Waals surface area contributed by atoms with Gasteiger partial charge in [-0.05, 0) is 30.5 Å². The first-order valence-corrected chi connectivity index (χ1v) is 8.89. The Morgan fingerprint density at radius 2 is 1.89 bits per heavy atom. The van der Waals surface area contributed by atoms with Crippen LogP contribution in [-0.4, -0.2) is 28.0 Å². The number of halogens is 3. The first-order chi connectivity index (χ1) is 13.0. The average Bonchev–Trinajstić information content (AvgIpc) is 3.19. The SMILES string of the molecule is FC(F)(F)c1ccnc(N2CCCC(c3ncc(-c4ccccc4)[nH]3)C2)c1. The Hall–Kier alpha value is -2.83. The van der Waals surface area contributed by atoms with Gasteiger partial charge in [-0.2, -0.15) is 13.2 Å². The molecule has 1 unspecified atom stereocenters. The van der Waals surface area contributed by atoms with Gasteiger partial charge in [0, 0.05) is 25.2 Å². The molecule has 0 aliphatic carbocycles. The van der Waals surface area contributed by atoms with Crippen LogP contribution in [0.25, 0.3) is 11.3 Å². The van der Waals surface area contributed by atoms with Crippen molar-refractivity contribution in [2.75, 3.05) is 18.0 Å². The van der Waals surface area contributed by atoms with Gasteiger partial charge in [-0.3, -0.25) is 0 Å². The van der Waals surface area contributed by atoms with E-state index < -0.39 is 11.7 Å². The Labute approximate surface area is 155 Å². The van der Waals surface area contributed by atoms with Crippen LogP contribution in [-0.2, 0) is 6.18 Å². The lowest BCUT2D eigenvalue weighted by atomic mass is 9.97. The van der Waals surface area contributed by atoms with E-state index >= 15 is 0 Å². The monoisotopic (exact) mass is 372 g/mol. The minimum absolute atomic E-state index is 0.132. The van der Waals surface area contributed by atoms with E-state index in [0.717, 1.165) is 42.1 Å². The lowest BCUT2D eigenvalue weighted by Crippen LogP contribution is -2.35. The van der Waals surface area contributed by atoms with E-state index in [1.807, 2.05) is 41.4 Å². The molecule has 0 saturated carbocycles. The van der Waals surface area contributed by atoms with Gasteiger partial charge in [0.25, 0.3) is 0 Å². The zero-order chi connectivity index (χ0) is 18.9. The molecule has 1 saturated heterocycles. The van der Waals surface area contributed by atoms with Gasteiger partial charge in [0.05, 0.1) is 17.5 Å². The van der Waals surface area contributed by atoms with Crippen molar-refractivity contribution >= 4 is 5.82 Å². The summed E-state index contributed by atoms with van der Waals surface area (Å²) in [4.78, 5) is 14.0. The van der Waals surface area contributed by atoms with Gasteiger partial charge in [0.2, 0.25) is 0 Å². The van der Waals surface area contributed by atoms with E-state index in [-0.39, 0.29) is 5.92 Å². The van der Waals surface area contributed by atoms with Gasteiger partial charge >= 0.3 is 6.18 Å². The molecule has 7 heteroatoms. The van der Waals surface area contributed by atoms with E-state index in [9.17, 15) is 13.2 Å². The maximum absolute atomic E-state index is 13.0. The zero-order valence-corrected chi connectivity index (χ0v) is 14.6. The Kier molecular flexibility index (Phi) is 4.59. The summed E-state index contributed by atoms with van der Waals surface area (Å²) in [5.41, 5.74) is 1.34. The molecule has 27 heavy (non-hydrogen) atoms. The van der Waals surface area contributed by atoms with Crippen LogP contribution in [0.15, 0.2) is 54.9 Å². The quantitative estimate of drug-likeness (QED) is 0.713. The molecule has 0 spiro atoms. The summed E-state index contributed by atoms with van der Waals surface area (Å²) in [6.07, 6.45) is 0.494. The number of alkyl halides is 3. The molecular weight excluding hydrogens is 353 g/mol. The smallest absolute Gasteiger partial charge is 0.356 e. The highest BCUT2D eigenvalue weighted by molar-refractivity contribution is 5.58. The molecule has 4 nitrogen and oxygen atoms in total. The molecule has 1 atom stereocenters. The molecule has 140 valence electrons. The van der Waals surface area contributed by atoms with Gasteiger partial charge in [-0.15, -0.1) is 0 Å². The van der Waals surface area contributed by atoms with Crippen LogP contribution >= 0.6 is 0 Å². The largest absolute Gasteiger partial charge is 0.416 e. The van der Waals surface area contributed by atoms with Crippen molar-refractivity contribution in [2.45, 2.75) is 24.9 Å². The molecule has 1 aliphatic rings. The van der Waals surface area contributed by atoms with E-state index in [1.54, 1.807) is 0 Å². The lowest BCUT2D eigenvalue weighted by molar-refractivity contribution is -0.137. The zero-order valence-electron chi connectivity index (χ0n) is 14.6. The van der Waals surface area contributed by atoms with Crippen molar-refractivity contribution in [1.29, 1.82) is 0 Å². The summed E-state index contributed by atoms with van der Waals surface area (Å²) in [6.45, 7) is 1.28. The Morgan fingerprint density at radius 3 is 2.67 bits per heavy atom. The third-order valence-corrected chi connectivity index (χ3v) is 4.89. The van der Waals surface area contributed by atoms with Gasteiger partial charge in [0.15, 0.2) is 0 Å². The highest BCUT2D eigenvalue weighted by Gasteiger charge is 2.32. The van der Waals surface area contributed by atoms with Crippen molar-refractivity contribution in [3.63, 3.8) is 0 Å². The number of nitrogens with zero attached hydrogens (tertiary/aromatic N) is 3. The molecule has 2 aromatic heterocycles. The Morgan fingerprint density at radius 1 is 1.07 bits per heavy atom. The molecule has 1 aromatic carbocycles. The first kappa shape index (κ1) is 17.6. The fraction of sp³-hybridized carbons (Fsp3) is 0.300. The second-order valence-corrected chi connectivity index (χ2v) is 6.73. The van der Waals surface area contributed by atoms with Crippen molar-refractivity contribution < 1.29 is 13.2 Å².